The Kier molecular flexibility index (Phi) is 4.03. The number of H-pyrrole nitrogens is 1. The van der Waals surface area contributed by atoms with Gasteiger partial charge in [-0.05, 0) is 37.1 Å². The fraction of sp³-hybridized carbons (Fsp3) is 0.353. The Labute approximate surface area is 147 Å². The zero-order chi connectivity index (χ0) is 18.3. The smallest absolute Gasteiger partial charge is 0.355 e. The number of hydrogen-bond donors (Lipinski definition) is 2. The first-order valence-corrected chi connectivity index (χ1v) is 8.32. The molecule has 0 aromatic carbocycles. The van der Waals surface area contributed by atoms with Crippen molar-refractivity contribution in [1.82, 2.24) is 20.2 Å². The Morgan fingerprint density at radius 1 is 1.19 bits per heavy atom. The van der Waals surface area contributed by atoms with E-state index in [0.29, 0.717) is 29.9 Å². The number of aromatic nitrogens is 4. The van der Waals surface area contributed by atoms with Gasteiger partial charge in [0, 0.05) is 30.7 Å². The van der Waals surface area contributed by atoms with Gasteiger partial charge in [-0.25, -0.2) is 9.97 Å². The van der Waals surface area contributed by atoms with Crippen molar-refractivity contribution in [2.24, 2.45) is 5.73 Å². The first-order valence-electron chi connectivity index (χ1n) is 8.32. The molecule has 6 nitrogen and oxygen atoms in total. The Morgan fingerprint density at radius 2 is 2.04 bits per heavy atom. The Balaban J connectivity index is 1.86. The number of anilines is 1. The molecule has 0 spiro atoms. The van der Waals surface area contributed by atoms with E-state index in [9.17, 15) is 13.2 Å². The molecule has 1 saturated heterocycles. The summed E-state index contributed by atoms with van der Waals surface area (Å²) in [6, 6.07) is 5.78. The highest BCUT2D eigenvalue weighted by Gasteiger charge is 2.36. The number of fused-ring (bicyclic) bond motifs is 1. The largest absolute Gasteiger partial charge is 0.418 e. The van der Waals surface area contributed by atoms with E-state index in [2.05, 4.69) is 20.2 Å². The number of nitrogens with one attached hydrogen (secondary N) is 1. The molecule has 0 amide bonds. The topological polar surface area (TPSA) is 83.7 Å². The van der Waals surface area contributed by atoms with Crippen LogP contribution in [0.25, 0.3) is 22.4 Å². The van der Waals surface area contributed by atoms with Crippen molar-refractivity contribution in [3.8, 4) is 11.4 Å². The number of rotatable bonds is 2. The van der Waals surface area contributed by atoms with Crippen molar-refractivity contribution in [3.05, 3.63) is 36.0 Å². The summed E-state index contributed by atoms with van der Waals surface area (Å²) < 4.78 is 40.6. The molecule has 4 rings (SSSR count). The van der Waals surface area contributed by atoms with Gasteiger partial charge in [0.2, 0.25) is 0 Å². The number of halogens is 3. The minimum absolute atomic E-state index is 0.00768. The minimum Gasteiger partial charge on any atom is -0.355 e. The molecule has 0 radical (unpaired) electrons. The molecule has 26 heavy (non-hydrogen) atoms. The third-order valence-electron chi connectivity index (χ3n) is 4.53. The Bertz CT molecular complexity index is 936. The van der Waals surface area contributed by atoms with Crippen LogP contribution in [0.15, 0.2) is 30.5 Å². The fourth-order valence-electron chi connectivity index (χ4n) is 3.29. The van der Waals surface area contributed by atoms with Crippen LogP contribution in [-0.4, -0.2) is 39.3 Å². The van der Waals surface area contributed by atoms with Crippen LogP contribution in [0.3, 0.4) is 0 Å². The van der Waals surface area contributed by atoms with E-state index in [1.165, 1.54) is 6.07 Å². The summed E-state index contributed by atoms with van der Waals surface area (Å²) >= 11 is 0. The first kappa shape index (κ1) is 16.8. The fourth-order valence-corrected chi connectivity index (χ4v) is 3.29. The molecule has 0 aliphatic carbocycles. The normalized spacial score (nSPS) is 18.5. The van der Waals surface area contributed by atoms with Gasteiger partial charge in [0.05, 0.1) is 5.56 Å². The number of piperidine rings is 1. The van der Waals surface area contributed by atoms with E-state index in [-0.39, 0.29) is 17.4 Å². The highest BCUT2D eigenvalue weighted by atomic mass is 19.4. The van der Waals surface area contributed by atoms with Crippen LogP contribution in [0.5, 0.6) is 0 Å². The quantitative estimate of drug-likeness (QED) is 0.732. The number of hydrogen-bond acceptors (Lipinski definition) is 5. The number of pyridine rings is 2. The van der Waals surface area contributed by atoms with E-state index in [1.54, 1.807) is 18.3 Å². The summed E-state index contributed by atoms with van der Waals surface area (Å²) in [5, 5.41) is 7.22. The Morgan fingerprint density at radius 3 is 2.81 bits per heavy atom. The summed E-state index contributed by atoms with van der Waals surface area (Å²) in [6.45, 7) is 1.29. The maximum absolute atomic E-state index is 13.5. The molecule has 3 N–H and O–H groups in total. The van der Waals surface area contributed by atoms with Gasteiger partial charge in [-0.3, -0.25) is 5.10 Å². The van der Waals surface area contributed by atoms with Crippen LogP contribution < -0.4 is 10.6 Å². The van der Waals surface area contributed by atoms with Crippen LogP contribution in [-0.2, 0) is 6.18 Å². The van der Waals surface area contributed by atoms with E-state index in [0.717, 1.165) is 18.9 Å². The summed E-state index contributed by atoms with van der Waals surface area (Å²) in [6.07, 6.45) is -1.20. The van der Waals surface area contributed by atoms with E-state index in [1.807, 2.05) is 4.90 Å². The second-order valence-corrected chi connectivity index (χ2v) is 6.38. The molecule has 1 atom stereocenters. The average molecular weight is 362 g/mol. The van der Waals surface area contributed by atoms with Gasteiger partial charge < -0.3 is 10.6 Å². The highest BCUT2D eigenvalue weighted by Crippen LogP contribution is 2.38. The van der Waals surface area contributed by atoms with Gasteiger partial charge in [0.1, 0.15) is 17.2 Å². The van der Waals surface area contributed by atoms with E-state index >= 15 is 0 Å². The van der Waals surface area contributed by atoms with Gasteiger partial charge in [0.25, 0.3) is 0 Å². The molecule has 1 fully saturated rings. The van der Waals surface area contributed by atoms with E-state index in [4.69, 9.17) is 5.73 Å². The predicted octanol–water partition coefficient (Wildman–Crippen LogP) is 2.97. The van der Waals surface area contributed by atoms with Crippen LogP contribution >= 0.6 is 0 Å². The number of nitrogens with zero attached hydrogens (tertiary/aromatic N) is 4. The highest BCUT2D eigenvalue weighted by molar-refractivity contribution is 5.90. The predicted molar refractivity (Wildman–Crippen MR) is 91.5 cm³/mol. The van der Waals surface area contributed by atoms with Crippen molar-refractivity contribution in [3.63, 3.8) is 0 Å². The summed E-state index contributed by atoms with van der Waals surface area (Å²) in [4.78, 5) is 10.3. The second kappa shape index (κ2) is 6.24. The molecule has 1 aliphatic heterocycles. The van der Waals surface area contributed by atoms with Crippen molar-refractivity contribution in [2.75, 3.05) is 18.0 Å². The number of alkyl halides is 3. The van der Waals surface area contributed by atoms with Crippen molar-refractivity contribution in [1.29, 1.82) is 0 Å². The lowest BCUT2D eigenvalue weighted by Gasteiger charge is -2.32. The second-order valence-electron chi connectivity index (χ2n) is 6.38. The monoisotopic (exact) mass is 362 g/mol. The lowest BCUT2D eigenvalue weighted by atomic mass is 10.1. The van der Waals surface area contributed by atoms with Gasteiger partial charge in [-0.1, -0.05) is 0 Å². The average Bonchev–Trinajstić information content (AvgIpc) is 3.04. The van der Waals surface area contributed by atoms with Crippen molar-refractivity contribution >= 4 is 16.9 Å². The molecule has 9 heteroatoms. The number of aromatic amines is 1. The molecule has 4 heterocycles. The summed E-state index contributed by atoms with van der Waals surface area (Å²) in [5.74, 6) is 0.475. The van der Waals surface area contributed by atoms with Crippen molar-refractivity contribution < 1.29 is 13.2 Å². The van der Waals surface area contributed by atoms with Crippen LogP contribution in [0.4, 0.5) is 19.0 Å². The van der Waals surface area contributed by atoms with Gasteiger partial charge in [0.15, 0.2) is 5.65 Å². The zero-order valence-corrected chi connectivity index (χ0v) is 13.8. The molecule has 136 valence electrons. The molecular weight excluding hydrogens is 345 g/mol. The molecular formula is C17H17F3N6. The van der Waals surface area contributed by atoms with Crippen LogP contribution in [0, 0.1) is 0 Å². The van der Waals surface area contributed by atoms with Gasteiger partial charge >= 0.3 is 6.18 Å². The maximum Gasteiger partial charge on any atom is 0.418 e. The first-order chi connectivity index (χ1) is 12.4. The third kappa shape index (κ3) is 2.98. The lowest BCUT2D eigenvalue weighted by Crippen LogP contribution is -2.43. The summed E-state index contributed by atoms with van der Waals surface area (Å²) in [5.41, 5.74) is 5.53. The maximum atomic E-state index is 13.5. The van der Waals surface area contributed by atoms with Crippen LogP contribution in [0.2, 0.25) is 0 Å². The zero-order valence-electron chi connectivity index (χ0n) is 13.8. The molecule has 3 aromatic heterocycles. The molecule has 0 saturated carbocycles. The van der Waals surface area contributed by atoms with Crippen LogP contribution in [0.1, 0.15) is 18.4 Å². The Hall–Kier alpha value is -2.68. The van der Waals surface area contributed by atoms with Gasteiger partial charge in [-0.2, -0.15) is 18.3 Å². The van der Waals surface area contributed by atoms with Crippen molar-refractivity contribution in [2.45, 2.75) is 25.1 Å². The van der Waals surface area contributed by atoms with E-state index < -0.39 is 11.7 Å². The van der Waals surface area contributed by atoms with Gasteiger partial charge in [-0.15, -0.1) is 0 Å². The molecule has 0 bridgehead atoms. The minimum atomic E-state index is -4.54. The third-order valence-corrected chi connectivity index (χ3v) is 4.53. The lowest BCUT2D eigenvalue weighted by molar-refractivity contribution is -0.137. The number of nitrogens with two attached hydrogens (primary N) is 1. The molecule has 1 unspecified atom stereocenters. The molecule has 3 aromatic rings. The summed E-state index contributed by atoms with van der Waals surface area (Å²) in [7, 11) is 0. The molecule has 1 aliphatic rings. The SMILES string of the molecule is NC1CCCN(c2ccc(C(F)(F)F)c(-c3n[nH]c4ncccc34)n2)C1. The standard InChI is InChI=1S/C17H17F3N6/c18-17(19,20)12-5-6-13(26-8-2-3-10(21)9-26)23-15(12)14-11-4-1-7-22-16(11)25-24-14/h1,4-7,10H,2-3,8-9,21H2,(H,22,24,25).